The molecule has 0 saturated heterocycles. The number of benzene rings is 1. The lowest BCUT2D eigenvalue weighted by Gasteiger charge is -2.09. The molecule has 0 aliphatic carbocycles. The van der Waals surface area contributed by atoms with Crippen molar-refractivity contribution in [2.45, 2.75) is 19.8 Å². The zero-order valence-corrected chi connectivity index (χ0v) is 10.6. The van der Waals surface area contributed by atoms with E-state index in [0.29, 0.717) is 6.42 Å². The van der Waals surface area contributed by atoms with Gasteiger partial charge in [0.1, 0.15) is 12.1 Å². The van der Waals surface area contributed by atoms with Crippen LogP contribution in [0.2, 0.25) is 0 Å². The maximum Gasteiger partial charge on any atom is 0.236 e. The normalized spacial score (nSPS) is 10.3. The highest BCUT2D eigenvalue weighted by Crippen LogP contribution is 2.21. The number of nitrogens with zero attached hydrogens (tertiary/aromatic N) is 2. The van der Waals surface area contributed by atoms with Crippen LogP contribution in [-0.2, 0) is 12.8 Å². The summed E-state index contributed by atoms with van der Waals surface area (Å²) in [5, 5.41) is 0. The second-order valence-corrected chi connectivity index (χ2v) is 4.04. The maximum atomic E-state index is 12.0. The fraction of sp³-hybridized carbons (Fsp3) is 0.286. The molecule has 0 bridgehead atoms. The van der Waals surface area contributed by atoms with Crippen molar-refractivity contribution in [1.29, 1.82) is 0 Å². The van der Waals surface area contributed by atoms with Gasteiger partial charge in [0, 0.05) is 18.0 Å². The Kier molecular flexibility index (Phi) is 3.77. The molecule has 0 amide bonds. The topological polar surface area (TPSA) is 44.1 Å². The molecular weight excluding hydrogens is 228 g/mol. The Bertz CT molecular complexity index is 533. The van der Waals surface area contributed by atoms with Gasteiger partial charge in [-0.05, 0) is 18.1 Å². The highest BCUT2D eigenvalue weighted by Gasteiger charge is 2.10. The van der Waals surface area contributed by atoms with Gasteiger partial charge in [0.25, 0.3) is 0 Å². The fourth-order valence-corrected chi connectivity index (χ4v) is 1.85. The fourth-order valence-electron chi connectivity index (χ4n) is 1.85. The SMILES string of the molecule is CCc1ccc(OC)c(CC(=O)n2ccnc2)c1. The third-order valence-electron chi connectivity index (χ3n) is 2.89. The van der Waals surface area contributed by atoms with Crippen LogP contribution in [0, 0.1) is 0 Å². The number of aryl methyl sites for hydroxylation is 1. The second-order valence-electron chi connectivity index (χ2n) is 4.04. The minimum Gasteiger partial charge on any atom is -0.496 e. The first kappa shape index (κ1) is 12.4. The van der Waals surface area contributed by atoms with Gasteiger partial charge in [-0.1, -0.05) is 19.1 Å². The van der Waals surface area contributed by atoms with Gasteiger partial charge >= 0.3 is 0 Å². The van der Waals surface area contributed by atoms with E-state index >= 15 is 0 Å². The average Bonchev–Trinajstić information content (AvgIpc) is 2.92. The number of hydrogen-bond donors (Lipinski definition) is 0. The summed E-state index contributed by atoms with van der Waals surface area (Å²) < 4.78 is 6.77. The Morgan fingerprint density at radius 2 is 2.28 bits per heavy atom. The van der Waals surface area contributed by atoms with Crippen molar-refractivity contribution < 1.29 is 9.53 Å². The summed E-state index contributed by atoms with van der Waals surface area (Å²) in [7, 11) is 1.62. The molecule has 2 aromatic rings. The van der Waals surface area contributed by atoms with E-state index in [9.17, 15) is 4.79 Å². The van der Waals surface area contributed by atoms with Crippen molar-refractivity contribution in [3.05, 3.63) is 48.0 Å². The van der Waals surface area contributed by atoms with Gasteiger partial charge in [-0.25, -0.2) is 4.98 Å². The van der Waals surface area contributed by atoms with Crippen LogP contribution in [0.5, 0.6) is 5.75 Å². The minimum atomic E-state index is -0.0148. The van der Waals surface area contributed by atoms with Crippen LogP contribution in [0.4, 0.5) is 0 Å². The summed E-state index contributed by atoms with van der Waals surface area (Å²) in [5.74, 6) is 0.736. The van der Waals surface area contributed by atoms with E-state index in [4.69, 9.17) is 4.74 Å². The standard InChI is InChI=1S/C14H16N2O2/c1-3-11-4-5-13(18-2)12(8-11)9-14(17)16-7-6-15-10-16/h4-8,10H,3,9H2,1-2H3. The summed E-state index contributed by atoms with van der Waals surface area (Å²) >= 11 is 0. The van der Waals surface area contributed by atoms with Crippen LogP contribution < -0.4 is 4.74 Å². The molecule has 18 heavy (non-hydrogen) atoms. The van der Waals surface area contributed by atoms with Crippen molar-refractivity contribution >= 4 is 5.91 Å². The summed E-state index contributed by atoms with van der Waals surface area (Å²) in [6.07, 6.45) is 6.01. The third-order valence-corrected chi connectivity index (χ3v) is 2.89. The number of carbonyl (C=O) groups is 1. The summed E-state index contributed by atoms with van der Waals surface area (Å²) in [4.78, 5) is 15.9. The number of imidazole rings is 1. The molecule has 0 aliphatic heterocycles. The number of carbonyl (C=O) groups excluding carboxylic acids is 1. The smallest absolute Gasteiger partial charge is 0.236 e. The van der Waals surface area contributed by atoms with E-state index < -0.39 is 0 Å². The van der Waals surface area contributed by atoms with Gasteiger partial charge in [-0.3, -0.25) is 9.36 Å². The number of hydrogen-bond acceptors (Lipinski definition) is 3. The molecule has 2 rings (SSSR count). The molecule has 0 spiro atoms. The van der Waals surface area contributed by atoms with E-state index in [-0.39, 0.29) is 5.91 Å². The lowest BCUT2D eigenvalue weighted by molar-refractivity contribution is 0.0913. The molecular formula is C14H16N2O2. The highest BCUT2D eigenvalue weighted by atomic mass is 16.5. The lowest BCUT2D eigenvalue weighted by atomic mass is 10.0. The maximum absolute atomic E-state index is 12.0. The number of ether oxygens (including phenoxy) is 1. The van der Waals surface area contributed by atoms with Crippen LogP contribution in [-0.4, -0.2) is 22.6 Å². The van der Waals surface area contributed by atoms with Gasteiger partial charge in [0.15, 0.2) is 0 Å². The third kappa shape index (κ3) is 2.59. The molecule has 0 fully saturated rings. The van der Waals surface area contributed by atoms with Crippen LogP contribution in [0.25, 0.3) is 0 Å². The molecule has 0 atom stereocenters. The molecule has 0 aliphatic rings. The van der Waals surface area contributed by atoms with Crippen LogP contribution in [0.15, 0.2) is 36.9 Å². The Morgan fingerprint density at radius 1 is 1.44 bits per heavy atom. The number of methoxy groups -OCH3 is 1. The van der Waals surface area contributed by atoms with E-state index in [2.05, 4.69) is 11.9 Å². The predicted molar refractivity (Wildman–Crippen MR) is 68.9 cm³/mol. The summed E-state index contributed by atoms with van der Waals surface area (Å²) in [6, 6.07) is 5.95. The van der Waals surface area contributed by atoms with Gasteiger partial charge in [0.05, 0.1) is 13.5 Å². The molecule has 4 heteroatoms. The van der Waals surface area contributed by atoms with Crippen LogP contribution in [0.3, 0.4) is 0 Å². The number of aromatic nitrogens is 2. The van der Waals surface area contributed by atoms with E-state index in [1.165, 1.54) is 16.5 Å². The van der Waals surface area contributed by atoms with Crippen molar-refractivity contribution in [3.8, 4) is 5.75 Å². The van der Waals surface area contributed by atoms with Crippen LogP contribution >= 0.6 is 0 Å². The van der Waals surface area contributed by atoms with Crippen molar-refractivity contribution in [3.63, 3.8) is 0 Å². The highest BCUT2D eigenvalue weighted by molar-refractivity contribution is 5.81. The zero-order chi connectivity index (χ0) is 13.0. The number of rotatable bonds is 4. The minimum absolute atomic E-state index is 0.0148. The lowest BCUT2D eigenvalue weighted by Crippen LogP contribution is -2.12. The molecule has 94 valence electrons. The zero-order valence-electron chi connectivity index (χ0n) is 10.6. The second kappa shape index (κ2) is 5.49. The first-order valence-corrected chi connectivity index (χ1v) is 5.91. The molecule has 4 nitrogen and oxygen atoms in total. The first-order valence-electron chi connectivity index (χ1n) is 5.91. The quantitative estimate of drug-likeness (QED) is 0.829. The molecule has 1 heterocycles. The molecule has 1 aromatic carbocycles. The van der Waals surface area contributed by atoms with Crippen LogP contribution in [0.1, 0.15) is 22.8 Å². The van der Waals surface area contributed by atoms with E-state index in [0.717, 1.165) is 17.7 Å². The largest absolute Gasteiger partial charge is 0.496 e. The van der Waals surface area contributed by atoms with Gasteiger partial charge < -0.3 is 4.74 Å². The summed E-state index contributed by atoms with van der Waals surface area (Å²) in [5.41, 5.74) is 2.11. The molecule has 1 aromatic heterocycles. The van der Waals surface area contributed by atoms with Gasteiger partial charge in [-0.15, -0.1) is 0 Å². The molecule has 0 unspecified atom stereocenters. The first-order chi connectivity index (χ1) is 8.74. The van der Waals surface area contributed by atoms with E-state index in [1.807, 2.05) is 18.2 Å². The molecule has 0 saturated carbocycles. The van der Waals surface area contributed by atoms with Crippen molar-refractivity contribution in [1.82, 2.24) is 9.55 Å². The Balaban J connectivity index is 2.24. The van der Waals surface area contributed by atoms with E-state index in [1.54, 1.807) is 19.5 Å². The Hall–Kier alpha value is -2.10. The van der Waals surface area contributed by atoms with Crippen molar-refractivity contribution in [2.75, 3.05) is 7.11 Å². The molecule has 0 radical (unpaired) electrons. The van der Waals surface area contributed by atoms with Gasteiger partial charge in [0.2, 0.25) is 5.91 Å². The van der Waals surface area contributed by atoms with Gasteiger partial charge in [-0.2, -0.15) is 0 Å². The predicted octanol–water partition coefficient (Wildman–Crippen LogP) is 2.34. The average molecular weight is 244 g/mol. The molecule has 0 N–H and O–H groups in total. The Labute approximate surface area is 106 Å². The summed E-state index contributed by atoms with van der Waals surface area (Å²) in [6.45, 7) is 2.09. The monoisotopic (exact) mass is 244 g/mol. The Morgan fingerprint density at radius 3 is 2.89 bits per heavy atom. The van der Waals surface area contributed by atoms with Crippen molar-refractivity contribution in [2.24, 2.45) is 0 Å².